The van der Waals surface area contributed by atoms with Gasteiger partial charge in [-0.2, -0.15) is 0 Å². The Hall–Kier alpha value is -0.0800. The van der Waals surface area contributed by atoms with Gasteiger partial charge in [0.05, 0.1) is 0 Å². The molecule has 0 amide bonds. The van der Waals surface area contributed by atoms with Crippen LogP contribution in [0.3, 0.4) is 0 Å². The van der Waals surface area contributed by atoms with Crippen molar-refractivity contribution >= 4 is 0 Å². The van der Waals surface area contributed by atoms with Gasteiger partial charge in [0.2, 0.25) is 0 Å². The molecule has 3 unspecified atom stereocenters. The van der Waals surface area contributed by atoms with E-state index in [4.69, 9.17) is 0 Å². The fraction of sp³-hybridized carbons (Fsp3) is 1.00. The van der Waals surface area contributed by atoms with E-state index in [0.29, 0.717) is 0 Å². The molecule has 1 N–H and O–H groups in total. The summed E-state index contributed by atoms with van der Waals surface area (Å²) in [6, 6.07) is 1.71. The third-order valence-electron chi connectivity index (χ3n) is 3.91. The minimum absolute atomic E-state index is 0.825. The Kier molecular flexibility index (Phi) is 3.45. The van der Waals surface area contributed by atoms with Crippen molar-refractivity contribution in [1.82, 2.24) is 10.2 Å². The number of piperidine rings is 1. The summed E-state index contributed by atoms with van der Waals surface area (Å²) in [5.41, 5.74) is 0. The number of hydrogen-bond donors (Lipinski definition) is 1. The summed E-state index contributed by atoms with van der Waals surface area (Å²) in [5, 5.41) is 3.56. The smallest absolute Gasteiger partial charge is 0.0226 e. The minimum Gasteiger partial charge on any atom is -0.315 e. The molecule has 2 heterocycles. The molecule has 0 aromatic carbocycles. The van der Waals surface area contributed by atoms with Crippen LogP contribution in [0, 0.1) is 5.92 Å². The summed E-state index contributed by atoms with van der Waals surface area (Å²) in [6.07, 6.45) is 5.60. The molecule has 2 fully saturated rings. The molecule has 3 atom stereocenters. The van der Waals surface area contributed by atoms with Crippen LogP contribution in [0.15, 0.2) is 0 Å². The van der Waals surface area contributed by atoms with Crippen LogP contribution in [0.25, 0.3) is 0 Å². The van der Waals surface area contributed by atoms with Crippen molar-refractivity contribution in [1.29, 1.82) is 0 Å². The molecule has 0 radical (unpaired) electrons. The molecule has 2 nitrogen and oxygen atoms in total. The third-order valence-corrected chi connectivity index (χ3v) is 3.91. The van der Waals surface area contributed by atoms with E-state index in [0.717, 1.165) is 18.0 Å². The predicted octanol–water partition coefficient (Wildman–Crippen LogP) is 1.86. The average molecular weight is 196 g/mol. The van der Waals surface area contributed by atoms with Crippen LogP contribution in [0.1, 0.15) is 39.5 Å². The van der Waals surface area contributed by atoms with Crippen LogP contribution in [0.4, 0.5) is 0 Å². The van der Waals surface area contributed by atoms with Crippen molar-refractivity contribution in [3.8, 4) is 0 Å². The molecule has 2 aliphatic rings. The third kappa shape index (κ3) is 2.12. The van der Waals surface area contributed by atoms with Gasteiger partial charge in [0.15, 0.2) is 0 Å². The molecule has 2 aliphatic heterocycles. The fourth-order valence-corrected chi connectivity index (χ4v) is 3.16. The molecule has 14 heavy (non-hydrogen) atoms. The highest BCUT2D eigenvalue weighted by atomic mass is 15.2. The fourth-order valence-electron chi connectivity index (χ4n) is 3.16. The Morgan fingerprint density at radius 2 is 2.21 bits per heavy atom. The Balaban J connectivity index is 1.92. The monoisotopic (exact) mass is 196 g/mol. The summed E-state index contributed by atoms with van der Waals surface area (Å²) in [4.78, 5) is 2.77. The number of nitrogens with one attached hydrogen (secondary N) is 1. The van der Waals surface area contributed by atoms with Gasteiger partial charge in [0.25, 0.3) is 0 Å². The van der Waals surface area contributed by atoms with Crippen molar-refractivity contribution in [3.63, 3.8) is 0 Å². The van der Waals surface area contributed by atoms with Gasteiger partial charge in [-0.15, -0.1) is 0 Å². The molecule has 2 heteroatoms. The maximum atomic E-state index is 3.56. The largest absolute Gasteiger partial charge is 0.315 e. The first-order chi connectivity index (χ1) is 6.81. The van der Waals surface area contributed by atoms with Gasteiger partial charge >= 0.3 is 0 Å². The lowest BCUT2D eigenvalue weighted by Gasteiger charge is -2.37. The van der Waals surface area contributed by atoms with Gasteiger partial charge in [-0.05, 0) is 44.7 Å². The van der Waals surface area contributed by atoms with Gasteiger partial charge in [-0.3, -0.25) is 4.90 Å². The Morgan fingerprint density at radius 1 is 1.36 bits per heavy atom. The second kappa shape index (κ2) is 4.63. The second-order valence-electron chi connectivity index (χ2n) is 5.10. The first-order valence-electron chi connectivity index (χ1n) is 6.27. The van der Waals surface area contributed by atoms with E-state index in [1.807, 2.05) is 0 Å². The average Bonchev–Trinajstić information content (AvgIpc) is 2.65. The first kappa shape index (κ1) is 10.4. The number of rotatable bonds is 2. The number of likely N-dealkylation sites (tertiary alicyclic amines) is 1. The zero-order valence-corrected chi connectivity index (χ0v) is 9.63. The van der Waals surface area contributed by atoms with Crippen LogP contribution in [0.5, 0.6) is 0 Å². The summed E-state index contributed by atoms with van der Waals surface area (Å²) >= 11 is 0. The molecule has 0 bridgehead atoms. The van der Waals surface area contributed by atoms with Gasteiger partial charge < -0.3 is 5.32 Å². The first-order valence-corrected chi connectivity index (χ1v) is 6.27. The molecule has 0 saturated carbocycles. The second-order valence-corrected chi connectivity index (χ2v) is 5.10. The summed E-state index contributed by atoms with van der Waals surface area (Å²) in [5.74, 6) is 0.867. The van der Waals surface area contributed by atoms with Crippen LogP contribution >= 0.6 is 0 Å². The van der Waals surface area contributed by atoms with E-state index >= 15 is 0 Å². The molecular formula is C12H24N2. The number of nitrogens with zero attached hydrogens (tertiary/aromatic N) is 1. The van der Waals surface area contributed by atoms with Crippen molar-refractivity contribution in [2.75, 3.05) is 19.6 Å². The van der Waals surface area contributed by atoms with Crippen molar-refractivity contribution in [2.45, 2.75) is 51.6 Å². The van der Waals surface area contributed by atoms with Gasteiger partial charge in [0, 0.05) is 18.6 Å². The molecule has 0 spiro atoms. The van der Waals surface area contributed by atoms with Crippen LogP contribution in [-0.4, -0.2) is 36.6 Å². The molecule has 0 aromatic heterocycles. The lowest BCUT2D eigenvalue weighted by Crippen LogP contribution is -2.50. The van der Waals surface area contributed by atoms with Crippen LogP contribution in [0.2, 0.25) is 0 Å². The molecule has 0 aromatic rings. The molecule has 82 valence electrons. The van der Waals surface area contributed by atoms with Crippen molar-refractivity contribution in [2.24, 2.45) is 5.92 Å². The van der Waals surface area contributed by atoms with E-state index in [-0.39, 0.29) is 0 Å². The van der Waals surface area contributed by atoms with Crippen molar-refractivity contribution < 1.29 is 0 Å². The standard InChI is InChI=1S/C12H24N2/c1-3-11-5-4-6-14(11)12-7-10(2)8-13-9-12/h10-13H,3-9H2,1-2H3. The van der Waals surface area contributed by atoms with Gasteiger partial charge in [-0.1, -0.05) is 13.8 Å². The van der Waals surface area contributed by atoms with Gasteiger partial charge in [0.1, 0.15) is 0 Å². The normalized spacial score (nSPS) is 40.3. The maximum absolute atomic E-state index is 3.56. The highest BCUT2D eigenvalue weighted by Gasteiger charge is 2.31. The summed E-state index contributed by atoms with van der Waals surface area (Å²) in [6.45, 7) is 8.50. The zero-order valence-electron chi connectivity index (χ0n) is 9.63. The highest BCUT2D eigenvalue weighted by Crippen LogP contribution is 2.26. The van der Waals surface area contributed by atoms with Gasteiger partial charge in [-0.25, -0.2) is 0 Å². The lowest BCUT2D eigenvalue weighted by molar-refractivity contribution is 0.130. The molecule has 2 rings (SSSR count). The van der Waals surface area contributed by atoms with Crippen LogP contribution in [-0.2, 0) is 0 Å². The predicted molar refractivity (Wildman–Crippen MR) is 60.5 cm³/mol. The molecule has 2 saturated heterocycles. The topological polar surface area (TPSA) is 15.3 Å². The maximum Gasteiger partial charge on any atom is 0.0226 e. The van der Waals surface area contributed by atoms with E-state index in [1.165, 1.54) is 45.3 Å². The Labute approximate surface area is 88.1 Å². The highest BCUT2D eigenvalue weighted by molar-refractivity contribution is 4.88. The quantitative estimate of drug-likeness (QED) is 0.725. The molecular weight excluding hydrogens is 172 g/mol. The van der Waals surface area contributed by atoms with E-state index in [2.05, 4.69) is 24.1 Å². The summed E-state index contributed by atoms with van der Waals surface area (Å²) < 4.78 is 0. The minimum atomic E-state index is 0.825. The van der Waals surface area contributed by atoms with Crippen LogP contribution < -0.4 is 5.32 Å². The molecule has 0 aliphatic carbocycles. The van der Waals surface area contributed by atoms with Crippen molar-refractivity contribution in [3.05, 3.63) is 0 Å². The summed E-state index contributed by atoms with van der Waals surface area (Å²) in [7, 11) is 0. The van der Waals surface area contributed by atoms with E-state index in [9.17, 15) is 0 Å². The zero-order chi connectivity index (χ0) is 9.97. The lowest BCUT2D eigenvalue weighted by atomic mass is 9.96. The van der Waals surface area contributed by atoms with E-state index in [1.54, 1.807) is 0 Å². The Morgan fingerprint density at radius 3 is 2.93 bits per heavy atom. The van der Waals surface area contributed by atoms with E-state index < -0.39 is 0 Å². The SMILES string of the molecule is CCC1CCCN1C1CNCC(C)C1. The number of hydrogen-bond acceptors (Lipinski definition) is 2. The Bertz CT molecular complexity index is 181.